The van der Waals surface area contributed by atoms with Crippen molar-refractivity contribution in [2.45, 2.75) is 13.5 Å². The SMILES string of the molecule is CCNCc1cc(F)ccc1-c1ccc(OC)c(Cl)c1. The van der Waals surface area contributed by atoms with Gasteiger partial charge in [0, 0.05) is 6.54 Å². The first-order valence-corrected chi connectivity index (χ1v) is 6.86. The lowest BCUT2D eigenvalue weighted by atomic mass is 9.99. The number of methoxy groups -OCH3 is 1. The Bertz CT molecular complexity index is 601. The van der Waals surface area contributed by atoms with Gasteiger partial charge in [0.2, 0.25) is 0 Å². The van der Waals surface area contributed by atoms with Gasteiger partial charge in [0.1, 0.15) is 11.6 Å². The first-order chi connectivity index (χ1) is 9.65. The van der Waals surface area contributed by atoms with Gasteiger partial charge in [0.05, 0.1) is 12.1 Å². The molecule has 106 valence electrons. The van der Waals surface area contributed by atoms with E-state index in [9.17, 15) is 4.39 Å². The smallest absolute Gasteiger partial charge is 0.137 e. The third-order valence-electron chi connectivity index (χ3n) is 3.10. The highest BCUT2D eigenvalue weighted by molar-refractivity contribution is 6.32. The fraction of sp³-hybridized carbons (Fsp3) is 0.250. The number of rotatable bonds is 5. The summed E-state index contributed by atoms with van der Waals surface area (Å²) < 4.78 is 18.6. The predicted molar refractivity (Wildman–Crippen MR) is 80.8 cm³/mol. The van der Waals surface area contributed by atoms with Crippen LogP contribution in [-0.4, -0.2) is 13.7 Å². The molecule has 2 nitrogen and oxygen atoms in total. The monoisotopic (exact) mass is 293 g/mol. The summed E-state index contributed by atoms with van der Waals surface area (Å²) in [5.41, 5.74) is 2.83. The number of hydrogen-bond donors (Lipinski definition) is 1. The molecule has 0 aromatic heterocycles. The Balaban J connectivity index is 2.43. The van der Waals surface area contributed by atoms with Crippen LogP contribution in [0.2, 0.25) is 5.02 Å². The van der Waals surface area contributed by atoms with Gasteiger partial charge in [0.15, 0.2) is 0 Å². The van der Waals surface area contributed by atoms with E-state index in [1.807, 2.05) is 25.1 Å². The standard InChI is InChI=1S/C16H17ClFNO/c1-3-19-10-12-8-13(18)5-6-14(12)11-4-7-16(20-2)15(17)9-11/h4-9,19H,3,10H2,1-2H3. The first kappa shape index (κ1) is 14.8. The largest absolute Gasteiger partial charge is 0.495 e. The zero-order valence-corrected chi connectivity index (χ0v) is 12.3. The molecule has 2 aromatic rings. The molecule has 0 amide bonds. The van der Waals surface area contributed by atoms with E-state index in [0.717, 1.165) is 23.2 Å². The number of nitrogens with one attached hydrogen (secondary N) is 1. The third-order valence-corrected chi connectivity index (χ3v) is 3.39. The molecule has 0 unspecified atom stereocenters. The lowest BCUT2D eigenvalue weighted by Gasteiger charge is -2.12. The molecule has 2 aromatic carbocycles. The molecule has 0 aliphatic rings. The Morgan fingerprint density at radius 3 is 2.65 bits per heavy atom. The van der Waals surface area contributed by atoms with Crippen molar-refractivity contribution in [3.8, 4) is 16.9 Å². The zero-order chi connectivity index (χ0) is 14.5. The van der Waals surface area contributed by atoms with Crippen molar-refractivity contribution in [1.82, 2.24) is 5.32 Å². The van der Waals surface area contributed by atoms with Gasteiger partial charge in [-0.1, -0.05) is 30.7 Å². The molecule has 2 rings (SSSR count). The second-order valence-corrected chi connectivity index (χ2v) is 4.84. The third kappa shape index (κ3) is 3.30. The summed E-state index contributed by atoms with van der Waals surface area (Å²) in [6.45, 7) is 3.47. The molecule has 0 aliphatic carbocycles. The van der Waals surface area contributed by atoms with Crippen LogP contribution in [0.5, 0.6) is 5.75 Å². The van der Waals surface area contributed by atoms with Gasteiger partial charge < -0.3 is 10.1 Å². The molecular formula is C16H17ClFNO. The fourth-order valence-electron chi connectivity index (χ4n) is 2.08. The number of ether oxygens (including phenoxy) is 1. The number of benzene rings is 2. The molecule has 20 heavy (non-hydrogen) atoms. The van der Waals surface area contributed by atoms with Gasteiger partial charge in [-0.15, -0.1) is 0 Å². The quantitative estimate of drug-likeness (QED) is 0.889. The maximum atomic E-state index is 13.4. The molecule has 4 heteroatoms. The van der Waals surface area contributed by atoms with Crippen LogP contribution in [0, 0.1) is 5.82 Å². The molecule has 0 saturated carbocycles. The van der Waals surface area contributed by atoms with Gasteiger partial charge in [-0.25, -0.2) is 4.39 Å². The maximum Gasteiger partial charge on any atom is 0.137 e. The second-order valence-electron chi connectivity index (χ2n) is 4.43. The van der Waals surface area contributed by atoms with Crippen molar-refractivity contribution < 1.29 is 9.13 Å². The van der Waals surface area contributed by atoms with Crippen molar-refractivity contribution in [2.24, 2.45) is 0 Å². The van der Waals surface area contributed by atoms with E-state index >= 15 is 0 Å². The summed E-state index contributed by atoms with van der Waals surface area (Å²) in [6.07, 6.45) is 0. The minimum absolute atomic E-state index is 0.235. The number of hydrogen-bond acceptors (Lipinski definition) is 2. The van der Waals surface area contributed by atoms with Crippen LogP contribution < -0.4 is 10.1 Å². The Hall–Kier alpha value is -1.58. The highest BCUT2D eigenvalue weighted by Gasteiger charge is 2.09. The molecule has 0 saturated heterocycles. The Morgan fingerprint density at radius 1 is 1.20 bits per heavy atom. The molecule has 0 spiro atoms. The summed E-state index contributed by atoms with van der Waals surface area (Å²) in [6, 6.07) is 10.4. The van der Waals surface area contributed by atoms with Crippen molar-refractivity contribution in [3.63, 3.8) is 0 Å². The predicted octanol–water partition coefficient (Wildman–Crippen LogP) is 4.26. The van der Waals surface area contributed by atoms with Gasteiger partial charge >= 0.3 is 0 Å². The van der Waals surface area contributed by atoms with Crippen LogP contribution in [0.3, 0.4) is 0 Å². The van der Waals surface area contributed by atoms with Crippen LogP contribution in [0.4, 0.5) is 4.39 Å². The normalized spacial score (nSPS) is 10.6. The van der Waals surface area contributed by atoms with Crippen molar-refractivity contribution in [2.75, 3.05) is 13.7 Å². The summed E-state index contributed by atoms with van der Waals surface area (Å²) in [5, 5.41) is 3.76. The van der Waals surface area contributed by atoms with Gasteiger partial charge in [-0.3, -0.25) is 0 Å². The minimum Gasteiger partial charge on any atom is -0.495 e. The summed E-state index contributed by atoms with van der Waals surface area (Å²) >= 11 is 6.15. The van der Waals surface area contributed by atoms with Crippen LogP contribution >= 0.6 is 11.6 Å². The minimum atomic E-state index is -0.235. The molecule has 0 bridgehead atoms. The van der Waals surface area contributed by atoms with Gasteiger partial charge in [0.25, 0.3) is 0 Å². The van der Waals surface area contributed by atoms with Crippen LogP contribution in [0.25, 0.3) is 11.1 Å². The molecule has 0 radical (unpaired) electrons. The summed E-state index contributed by atoms with van der Waals surface area (Å²) in [4.78, 5) is 0. The van der Waals surface area contributed by atoms with Gasteiger partial charge in [-0.2, -0.15) is 0 Å². The number of halogens is 2. The lowest BCUT2D eigenvalue weighted by Crippen LogP contribution is -2.12. The summed E-state index contributed by atoms with van der Waals surface area (Å²) in [7, 11) is 1.58. The van der Waals surface area contributed by atoms with E-state index in [-0.39, 0.29) is 5.82 Å². The lowest BCUT2D eigenvalue weighted by molar-refractivity contribution is 0.415. The highest BCUT2D eigenvalue weighted by Crippen LogP contribution is 2.32. The van der Waals surface area contributed by atoms with Crippen molar-refractivity contribution >= 4 is 11.6 Å². The Morgan fingerprint density at radius 2 is 2.00 bits per heavy atom. The second kappa shape index (κ2) is 6.73. The average Bonchev–Trinajstić information content (AvgIpc) is 2.45. The summed E-state index contributed by atoms with van der Waals surface area (Å²) in [5.74, 6) is 0.395. The van der Waals surface area contributed by atoms with E-state index in [2.05, 4.69) is 5.32 Å². The molecule has 1 N–H and O–H groups in total. The molecule has 0 aliphatic heterocycles. The van der Waals surface area contributed by atoms with Crippen LogP contribution in [0.1, 0.15) is 12.5 Å². The van der Waals surface area contributed by atoms with Crippen LogP contribution in [-0.2, 0) is 6.54 Å². The van der Waals surface area contributed by atoms with E-state index in [4.69, 9.17) is 16.3 Å². The maximum absolute atomic E-state index is 13.4. The molecular weight excluding hydrogens is 277 g/mol. The molecule has 0 atom stereocenters. The van der Waals surface area contributed by atoms with E-state index in [0.29, 0.717) is 17.3 Å². The fourth-order valence-corrected chi connectivity index (χ4v) is 2.34. The highest BCUT2D eigenvalue weighted by atomic mass is 35.5. The van der Waals surface area contributed by atoms with E-state index in [1.54, 1.807) is 19.2 Å². The van der Waals surface area contributed by atoms with Crippen molar-refractivity contribution in [3.05, 3.63) is 52.8 Å². The topological polar surface area (TPSA) is 21.3 Å². The van der Waals surface area contributed by atoms with Crippen LogP contribution in [0.15, 0.2) is 36.4 Å². The van der Waals surface area contributed by atoms with E-state index < -0.39 is 0 Å². The van der Waals surface area contributed by atoms with E-state index in [1.165, 1.54) is 6.07 Å². The Labute approximate surface area is 123 Å². The van der Waals surface area contributed by atoms with Gasteiger partial charge in [-0.05, 0) is 47.5 Å². The Kier molecular flexibility index (Phi) is 4.99. The van der Waals surface area contributed by atoms with Crippen molar-refractivity contribution in [1.29, 1.82) is 0 Å². The molecule has 0 heterocycles. The molecule has 0 fully saturated rings. The first-order valence-electron chi connectivity index (χ1n) is 6.48. The zero-order valence-electron chi connectivity index (χ0n) is 11.5. The average molecular weight is 294 g/mol.